The molecule has 0 radical (unpaired) electrons. The standard InChI is InChI=1S/C18H21ClN2O3/c1-21(11-13-5-4-6-14(19)9-13)12-18(22)20-16-10-15(23-2)7-8-17(16)24-3/h4-10H,11-12H2,1-3H3,(H,20,22)/p+1. The van der Waals surface area contributed by atoms with Gasteiger partial charge in [-0.1, -0.05) is 23.7 Å². The lowest BCUT2D eigenvalue weighted by Crippen LogP contribution is -3.08. The number of quaternary nitrogens is 1. The molecular weight excluding hydrogens is 328 g/mol. The van der Waals surface area contributed by atoms with Crippen molar-refractivity contribution in [3.8, 4) is 11.5 Å². The smallest absolute Gasteiger partial charge is 0.279 e. The van der Waals surface area contributed by atoms with Gasteiger partial charge in [-0.25, -0.2) is 0 Å². The van der Waals surface area contributed by atoms with Gasteiger partial charge in [0.2, 0.25) is 0 Å². The zero-order valence-electron chi connectivity index (χ0n) is 14.1. The normalized spacial score (nSPS) is 11.7. The average Bonchev–Trinajstić information content (AvgIpc) is 2.54. The third kappa shape index (κ3) is 5.15. The molecule has 24 heavy (non-hydrogen) atoms. The summed E-state index contributed by atoms with van der Waals surface area (Å²) in [6.45, 7) is 1.04. The Balaban J connectivity index is 1.97. The van der Waals surface area contributed by atoms with Gasteiger partial charge in [0.05, 0.1) is 27.0 Å². The summed E-state index contributed by atoms with van der Waals surface area (Å²) in [6.07, 6.45) is 0. The Labute approximate surface area is 147 Å². The van der Waals surface area contributed by atoms with Crippen LogP contribution in [0.5, 0.6) is 11.5 Å². The first kappa shape index (κ1) is 18.1. The van der Waals surface area contributed by atoms with E-state index in [9.17, 15) is 4.79 Å². The van der Waals surface area contributed by atoms with Crippen LogP contribution >= 0.6 is 11.6 Å². The Morgan fingerprint density at radius 3 is 2.62 bits per heavy atom. The van der Waals surface area contributed by atoms with Crippen molar-refractivity contribution in [1.82, 2.24) is 0 Å². The lowest BCUT2D eigenvalue weighted by Gasteiger charge is -2.15. The zero-order chi connectivity index (χ0) is 17.5. The van der Waals surface area contributed by atoms with E-state index in [1.807, 2.05) is 31.3 Å². The van der Waals surface area contributed by atoms with Gasteiger partial charge in [-0.05, 0) is 24.3 Å². The summed E-state index contributed by atoms with van der Waals surface area (Å²) in [5, 5.41) is 3.57. The lowest BCUT2D eigenvalue weighted by atomic mass is 10.2. The summed E-state index contributed by atoms with van der Waals surface area (Å²) in [7, 11) is 5.10. The second-order valence-corrected chi connectivity index (χ2v) is 5.99. The van der Waals surface area contributed by atoms with Crippen LogP contribution in [0, 0.1) is 0 Å². The van der Waals surface area contributed by atoms with Crippen molar-refractivity contribution in [2.24, 2.45) is 0 Å². The molecule has 2 aromatic rings. The van der Waals surface area contributed by atoms with Crippen molar-refractivity contribution >= 4 is 23.2 Å². The maximum Gasteiger partial charge on any atom is 0.279 e. The molecule has 5 nitrogen and oxygen atoms in total. The maximum absolute atomic E-state index is 12.3. The Hall–Kier alpha value is -2.24. The Bertz CT molecular complexity index is 706. The molecule has 2 rings (SSSR count). The molecule has 0 aromatic heterocycles. The Kier molecular flexibility index (Phi) is 6.46. The number of halogens is 1. The Morgan fingerprint density at radius 2 is 1.96 bits per heavy atom. The molecule has 0 heterocycles. The lowest BCUT2D eigenvalue weighted by molar-refractivity contribution is -0.885. The molecule has 1 amide bonds. The molecule has 0 fully saturated rings. The largest absolute Gasteiger partial charge is 0.497 e. The van der Waals surface area contributed by atoms with E-state index in [0.29, 0.717) is 35.3 Å². The highest BCUT2D eigenvalue weighted by Gasteiger charge is 2.14. The number of anilines is 1. The molecular formula is C18H22ClN2O3+. The van der Waals surface area contributed by atoms with E-state index in [2.05, 4.69) is 5.32 Å². The van der Waals surface area contributed by atoms with Gasteiger partial charge in [-0.15, -0.1) is 0 Å². The van der Waals surface area contributed by atoms with Crippen LogP contribution in [0.2, 0.25) is 5.02 Å². The summed E-state index contributed by atoms with van der Waals surface area (Å²) < 4.78 is 10.5. The fraction of sp³-hybridized carbons (Fsp3) is 0.278. The fourth-order valence-corrected chi connectivity index (χ4v) is 2.65. The van der Waals surface area contributed by atoms with E-state index in [1.165, 1.54) is 0 Å². The molecule has 0 saturated carbocycles. The van der Waals surface area contributed by atoms with Crippen molar-refractivity contribution in [3.05, 3.63) is 53.1 Å². The van der Waals surface area contributed by atoms with Gasteiger partial charge in [0.15, 0.2) is 6.54 Å². The van der Waals surface area contributed by atoms with Crippen LogP contribution in [0.3, 0.4) is 0 Å². The Morgan fingerprint density at radius 1 is 1.17 bits per heavy atom. The van der Waals surface area contributed by atoms with Crippen LogP contribution in [-0.4, -0.2) is 33.7 Å². The first-order chi connectivity index (χ1) is 11.5. The van der Waals surface area contributed by atoms with Crippen LogP contribution in [0.1, 0.15) is 5.56 Å². The first-order valence-corrected chi connectivity index (χ1v) is 7.97. The molecule has 0 saturated heterocycles. The van der Waals surface area contributed by atoms with Gasteiger partial charge in [0, 0.05) is 16.7 Å². The summed E-state index contributed by atoms with van der Waals surface area (Å²) in [5.74, 6) is 1.16. The van der Waals surface area contributed by atoms with Crippen molar-refractivity contribution in [2.45, 2.75) is 6.54 Å². The summed E-state index contributed by atoms with van der Waals surface area (Å²) in [6, 6.07) is 12.9. The number of ether oxygens (including phenoxy) is 2. The molecule has 2 aromatic carbocycles. The minimum atomic E-state index is -0.0962. The van der Waals surface area contributed by atoms with Crippen LogP contribution in [0.25, 0.3) is 0 Å². The number of carbonyl (C=O) groups excluding carboxylic acids is 1. The van der Waals surface area contributed by atoms with Crippen LogP contribution in [-0.2, 0) is 11.3 Å². The highest BCUT2D eigenvalue weighted by atomic mass is 35.5. The topological polar surface area (TPSA) is 52.0 Å². The molecule has 1 atom stereocenters. The van der Waals surface area contributed by atoms with E-state index in [1.54, 1.807) is 32.4 Å². The number of rotatable bonds is 7. The number of likely N-dealkylation sites (N-methyl/N-ethyl adjacent to an activating group) is 1. The summed E-state index contributed by atoms with van der Waals surface area (Å²) >= 11 is 5.99. The number of hydrogen-bond donors (Lipinski definition) is 2. The van der Waals surface area contributed by atoms with Gasteiger partial charge in [0.25, 0.3) is 5.91 Å². The highest BCUT2D eigenvalue weighted by molar-refractivity contribution is 6.30. The van der Waals surface area contributed by atoms with E-state index in [-0.39, 0.29) is 5.91 Å². The number of amides is 1. The fourth-order valence-electron chi connectivity index (χ4n) is 2.44. The third-order valence-electron chi connectivity index (χ3n) is 3.54. The quantitative estimate of drug-likeness (QED) is 0.804. The zero-order valence-corrected chi connectivity index (χ0v) is 14.8. The van der Waals surface area contributed by atoms with Crippen molar-refractivity contribution < 1.29 is 19.2 Å². The van der Waals surface area contributed by atoms with Gasteiger partial charge in [-0.2, -0.15) is 0 Å². The second kappa shape index (κ2) is 8.57. The molecule has 6 heteroatoms. The van der Waals surface area contributed by atoms with Gasteiger partial charge in [0.1, 0.15) is 18.0 Å². The van der Waals surface area contributed by atoms with Gasteiger partial charge < -0.3 is 19.7 Å². The van der Waals surface area contributed by atoms with Gasteiger partial charge >= 0.3 is 0 Å². The van der Waals surface area contributed by atoms with Crippen LogP contribution in [0.15, 0.2) is 42.5 Å². The molecule has 2 N–H and O–H groups in total. The van der Waals surface area contributed by atoms with E-state index in [4.69, 9.17) is 21.1 Å². The van der Waals surface area contributed by atoms with Crippen LogP contribution < -0.4 is 19.7 Å². The molecule has 0 spiro atoms. The van der Waals surface area contributed by atoms with Crippen molar-refractivity contribution in [3.63, 3.8) is 0 Å². The van der Waals surface area contributed by atoms with Crippen LogP contribution in [0.4, 0.5) is 5.69 Å². The SMILES string of the molecule is COc1ccc(OC)c(NC(=O)C[NH+](C)Cc2cccc(Cl)c2)c1. The summed E-state index contributed by atoms with van der Waals surface area (Å²) in [4.78, 5) is 13.3. The third-order valence-corrected chi connectivity index (χ3v) is 3.77. The molecule has 0 aliphatic rings. The van der Waals surface area contributed by atoms with Crippen molar-refractivity contribution in [2.75, 3.05) is 33.1 Å². The maximum atomic E-state index is 12.3. The monoisotopic (exact) mass is 349 g/mol. The first-order valence-electron chi connectivity index (χ1n) is 7.59. The number of methoxy groups -OCH3 is 2. The molecule has 0 bridgehead atoms. The van der Waals surface area contributed by atoms with E-state index in [0.717, 1.165) is 10.5 Å². The second-order valence-electron chi connectivity index (χ2n) is 5.55. The van der Waals surface area contributed by atoms with Gasteiger partial charge in [-0.3, -0.25) is 4.79 Å². The predicted octanol–water partition coefficient (Wildman–Crippen LogP) is 2.01. The number of hydrogen-bond acceptors (Lipinski definition) is 3. The average molecular weight is 350 g/mol. The number of benzene rings is 2. The minimum absolute atomic E-state index is 0.0962. The summed E-state index contributed by atoms with van der Waals surface area (Å²) in [5.41, 5.74) is 1.68. The van der Waals surface area contributed by atoms with E-state index >= 15 is 0 Å². The minimum Gasteiger partial charge on any atom is -0.497 e. The number of nitrogens with one attached hydrogen (secondary N) is 2. The molecule has 0 aliphatic carbocycles. The number of carbonyl (C=O) groups is 1. The van der Waals surface area contributed by atoms with E-state index < -0.39 is 0 Å². The molecule has 128 valence electrons. The predicted molar refractivity (Wildman–Crippen MR) is 95.1 cm³/mol. The van der Waals surface area contributed by atoms with Crippen molar-refractivity contribution in [1.29, 1.82) is 0 Å². The molecule has 1 unspecified atom stereocenters. The molecule has 0 aliphatic heterocycles. The highest BCUT2D eigenvalue weighted by Crippen LogP contribution is 2.28.